The van der Waals surface area contributed by atoms with E-state index >= 15 is 0 Å². The number of sulfonamides is 1. The quantitative estimate of drug-likeness (QED) is 0.277. The molecule has 40 heavy (non-hydrogen) atoms. The molecule has 1 N–H and O–H groups in total. The molecule has 0 aliphatic heterocycles. The van der Waals surface area contributed by atoms with Crippen LogP contribution in [0.5, 0.6) is 0 Å². The van der Waals surface area contributed by atoms with E-state index in [0.29, 0.717) is 23.7 Å². The van der Waals surface area contributed by atoms with Crippen LogP contribution >= 0.6 is 11.6 Å². The minimum Gasteiger partial charge on any atom is -0.354 e. The first-order valence-electron chi connectivity index (χ1n) is 13.5. The summed E-state index contributed by atoms with van der Waals surface area (Å²) in [6.07, 6.45) is 2.63. The van der Waals surface area contributed by atoms with Gasteiger partial charge in [-0.1, -0.05) is 84.8 Å². The largest absolute Gasteiger partial charge is 0.354 e. The maximum absolute atomic E-state index is 13.8. The summed E-state index contributed by atoms with van der Waals surface area (Å²) in [6.45, 7) is 4.85. The van der Waals surface area contributed by atoms with Gasteiger partial charge >= 0.3 is 0 Å². The number of nitrogens with one attached hydrogen (secondary N) is 1. The molecule has 0 aromatic heterocycles. The van der Waals surface area contributed by atoms with Crippen LogP contribution < -0.4 is 9.62 Å². The Kier molecular flexibility index (Phi) is 11.6. The Labute approximate surface area is 243 Å². The maximum Gasteiger partial charge on any atom is 0.243 e. The lowest BCUT2D eigenvalue weighted by Gasteiger charge is -2.32. The number of amides is 2. The number of halogens is 1. The minimum atomic E-state index is -3.60. The second kappa shape index (κ2) is 14.9. The highest BCUT2D eigenvalue weighted by Gasteiger charge is 2.30. The first-order chi connectivity index (χ1) is 19.1. The van der Waals surface area contributed by atoms with Gasteiger partial charge in [0.15, 0.2) is 0 Å². The molecule has 0 heterocycles. The molecule has 0 unspecified atom stereocenters. The van der Waals surface area contributed by atoms with Crippen LogP contribution in [-0.2, 0) is 32.6 Å². The van der Waals surface area contributed by atoms with Crippen molar-refractivity contribution in [3.05, 3.63) is 101 Å². The molecule has 3 aromatic carbocycles. The van der Waals surface area contributed by atoms with Crippen molar-refractivity contribution in [3.8, 4) is 0 Å². The molecule has 0 spiro atoms. The number of anilines is 1. The van der Waals surface area contributed by atoms with Crippen molar-refractivity contribution in [3.63, 3.8) is 0 Å². The highest BCUT2D eigenvalue weighted by Crippen LogP contribution is 2.23. The van der Waals surface area contributed by atoms with Gasteiger partial charge < -0.3 is 10.2 Å². The SMILES string of the molecule is CCCNC(=O)[C@H](Cc1ccccc1)N(Cc1cccc(C)c1)C(=O)CCCN(c1cccc(Cl)c1)S(C)(=O)=O. The number of hydrogen-bond donors (Lipinski definition) is 1. The van der Waals surface area contributed by atoms with E-state index in [1.807, 2.05) is 68.4 Å². The molecule has 214 valence electrons. The van der Waals surface area contributed by atoms with Crippen molar-refractivity contribution < 1.29 is 18.0 Å². The predicted octanol–water partition coefficient (Wildman–Crippen LogP) is 5.36. The molecule has 1 atom stereocenters. The van der Waals surface area contributed by atoms with Gasteiger partial charge in [0.25, 0.3) is 0 Å². The van der Waals surface area contributed by atoms with Crippen LogP contribution in [0, 0.1) is 6.92 Å². The first-order valence-corrected chi connectivity index (χ1v) is 15.7. The normalized spacial score (nSPS) is 12.0. The van der Waals surface area contributed by atoms with Crippen LogP contribution in [0.2, 0.25) is 5.02 Å². The molecule has 0 saturated carbocycles. The zero-order chi connectivity index (χ0) is 29.1. The third-order valence-electron chi connectivity index (χ3n) is 6.50. The first kappa shape index (κ1) is 31.2. The molecule has 0 saturated heterocycles. The molecule has 0 radical (unpaired) electrons. The van der Waals surface area contributed by atoms with Crippen molar-refractivity contribution in [1.82, 2.24) is 10.2 Å². The molecule has 0 aliphatic rings. The van der Waals surface area contributed by atoms with E-state index < -0.39 is 16.1 Å². The summed E-state index contributed by atoms with van der Waals surface area (Å²) in [4.78, 5) is 28.9. The summed E-state index contributed by atoms with van der Waals surface area (Å²) in [5, 5.41) is 3.40. The Balaban J connectivity index is 1.87. The standard InChI is InChI=1S/C31H38ClN3O4S/c1-4-18-33-31(37)29(21-25-12-6-5-7-13-25)34(23-26-14-8-11-24(2)20-26)30(36)17-10-19-35(40(3,38)39)28-16-9-15-27(32)22-28/h5-9,11-16,20,22,29H,4,10,17-19,21,23H2,1-3H3,(H,33,37)/t29-/m0/s1. The lowest BCUT2D eigenvalue weighted by Crippen LogP contribution is -2.50. The van der Waals surface area contributed by atoms with Crippen LogP contribution in [0.3, 0.4) is 0 Å². The zero-order valence-corrected chi connectivity index (χ0v) is 24.9. The van der Waals surface area contributed by atoms with Gasteiger partial charge in [-0.3, -0.25) is 13.9 Å². The number of carbonyl (C=O) groups is 2. The van der Waals surface area contributed by atoms with Crippen molar-refractivity contribution in [2.24, 2.45) is 0 Å². The van der Waals surface area contributed by atoms with E-state index in [-0.39, 0.29) is 37.7 Å². The van der Waals surface area contributed by atoms with Crippen LogP contribution in [-0.4, -0.2) is 50.5 Å². The number of hydrogen-bond acceptors (Lipinski definition) is 4. The molecular weight excluding hydrogens is 546 g/mol. The monoisotopic (exact) mass is 583 g/mol. The molecule has 0 fully saturated rings. The van der Waals surface area contributed by atoms with Gasteiger partial charge in [0.2, 0.25) is 21.8 Å². The summed E-state index contributed by atoms with van der Waals surface area (Å²) in [7, 11) is -3.60. The lowest BCUT2D eigenvalue weighted by atomic mass is 10.0. The number of nitrogens with zero attached hydrogens (tertiary/aromatic N) is 2. The van der Waals surface area contributed by atoms with Crippen molar-refractivity contribution in [1.29, 1.82) is 0 Å². The fraction of sp³-hybridized carbons (Fsp3) is 0.355. The Morgan fingerprint density at radius 1 is 0.950 bits per heavy atom. The Morgan fingerprint density at radius 3 is 2.30 bits per heavy atom. The number of aryl methyl sites for hydroxylation is 1. The van der Waals surface area contributed by atoms with Crippen molar-refractivity contribution in [2.75, 3.05) is 23.7 Å². The number of carbonyl (C=O) groups excluding carboxylic acids is 2. The molecule has 0 aliphatic carbocycles. The third-order valence-corrected chi connectivity index (χ3v) is 7.93. The summed E-state index contributed by atoms with van der Waals surface area (Å²) in [5.41, 5.74) is 3.38. The zero-order valence-electron chi connectivity index (χ0n) is 23.3. The van der Waals surface area contributed by atoms with E-state index in [1.165, 1.54) is 4.31 Å². The minimum absolute atomic E-state index is 0.0742. The molecule has 9 heteroatoms. The fourth-order valence-corrected chi connectivity index (χ4v) is 5.70. The molecule has 0 bridgehead atoms. The van der Waals surface area contributed by atoms with Gasteiger partial charge in [-0.15, -0.1) is 0 Å². The van der Waals surface area contributed by atoms with Gasteiger partial charge in [0.05, 0.1) is 11.9 Å². The Hall–Kier alpha value is -3.36. The highest BCUT2D eigenvalue weighted by molar-refractivity contribution is 7.92. The van der Waals surface area contributed by atoms with E-state index in [9.17, 15) is 18.0 Å². The molecule has 7 nitrogen and oxygen atoms in total. The summed E-state index contributed by atoms with van der Waals surface area (Å²) in [5.74, 6) is -0.419. The molecule has 3 aromatic rings. The Bertz CT molecular complexity index is 1380. The van der Waals surface area contributed by atoms with Crippen LogP contribution in [0.4, 0.5) is 5.69 Å². The average Bonchev–Trinajstić information content (AvgIpc) is 2.91. The van der Waals surface area contributed by atoms with Crippen molar-refractivity contribution >= 4 is 39.1 Å². The average molecular weight is 584 g/mol. The van der Waals surface area contributed by atoms with Crippen LogP contribution in [0.1, 0.15) is 42.9 Å². The van der Waals surface area contributed by atoms with Gasteiger partial charge in [-0.2, -0.15) is 0 Å². The van der Waals surface area contributed by atoms with Gasteiger partial charge in [-0.05, 0) is 49.1 Å². The second-order valence-corrected chi connectivity index (χ2v) is 12.3. The smallest absolute Gasteiger partial charge is 0.243 e. The Morgan fingerprint density at radius 2 is 1.65 bits per heavy atom. The molecule has 2 amide bonds. The van der Waals surface area contributed by atoms with Gasteiger partial charge in [0, 0.05) is 37.5 Å². The van der Waals surface area contributed by atoms with E-state index in [0.717, 1.165) is 29.4 Å². The predicted molar refractivity (Wildman–Crippen MR) is 162 cm³/mol. The second-order valence-electron chi connectivity index (χ2n) is 9.93. The van der Waals surface area contributed by atoms with Crippen LogP contribution in [0.15, 0.2) is 78.9 Å². The topological polar surface area (TPSA) is 86.8 Å². The van der Waals surface area contributed by atoms with E-state index in [2.05, 4.69) is 5.32 Å². The van der Waals surface area contributed by atoms with Gasteiger partial charge in [0.1, 0.15) is 6.04 Å². The van der Waals surface area contributed by atoms with Crippen LogP contribution in [0.25, 0.3) is 0 Å². The summed E-state index contributed by atoms with van der Waals surface area (Å²) in [6, 6.07) is 23.4. The highest BCUT2D eigenvalue weighted by atomic mass is 35.5. The van der Waals surface area contributed by atoms with E-state index in [1.54, 1.807) is 29.2 Å². The van der Waals surface area contributed by atoms with Gasteiger partial charge in [-0.25, -0.2) is 8.42 Å². The lowest BCUT2D eigenvalue weighted by molar-refractivity contribution is -0.141. The third kappa shape index (κ3) is 9.38. The number of benzene rings is 3. The molecule has 3 rings (SSSR count). The van der Waals surface area contributed by atoms with Crippen molar-refractivity contribution in [2.45, 2.75) is 52.1 Å². The fourth-order valence-electron chi connectivity index (χ4n) is 4.56. The summed E-state index contributed by atoms with van der Waals surface area (Å²) < 4.78 is 26.4. The molecular formula is C31H38ClN3O4S. The van der Waals surface area contributed by atoms with E-state index in [4.69, 9.17) is 11.6 Å². The number of rotatable bonds is 14. The maximum atomic E-state index is 13.8. The summed E-state index contributed by atoms with van der Waals surface area (Å²) >= 11 is 6.10.